The minimum absolute atomic E-state index is 0.0313. The number of hydrogen-bond acceptors (Lipinski definition) is 4. The highest BCUT2D eigenvalue weighted by Crippen LogP contribution is 2.36. The predicted octanol–water partition coefficient (Wildman–Crippen LogP) is 3.27. The molecule has 4 rings (SSSR count). The van der Waals surface area contributed by atoms with Crippen LogP contribution < -0.4 is 10.9 Å². The van der Waals surface area contributed by atoms with Gasteiger partial charge in [0.15, 0.2) is 0 Å². The number of aliphatic hydroxyl groups excluding tert-OH is 1. The van der Waals surface area contributed by atoms with Crippen molar-refractivity contribution in [2.75, 3.05) is 19.7 Å². The number of nitrogens with zero attached hydrogens (tertiary/aromatic N) is 2. The van der Waals surface area contributed by atoms with Crippen LogP contribution in [-0.4, -0.2) is 46.2 Å². The molecule has 2 fully saturated rings. The summed E-state index contributed by atoms with van der Waals surface area (Å²) in [5, 5.41) is 12.7. The van der Waals surface area contributed by atoms with Crippen molar-refractivity contribution in [3.63, 3.8) is 0 Å². The molecule has 7 heteroatoms. The van der Waals surface area contributed by atoms with Crippen LogP contribution in [0.3, 0.4) is 0 Å². The van der Waals surface area contributed by atoms with E-state index < -0.39 is 0 Å². The van der Waals surface area contributed by atoms with Crippen molar-refractivity contribution in [3.8, 4) is 0 Å². The molecule has 1 amide bonds. The zero-order valence-corrected chi connectivity index (χ0v) is 21.1. The van der Waals surface area contributed by atoms with Crippen LogP contribution in [0.5, 0.6) is 0 Å². The van der Waals surface area contributed by atoms with Gasteiger partial charge in [-0.15, -0.1) is 0 Å². The Morgan fingerprint density at radius 1 is 1.27 bits per heavy atom. The first-order chi connectivity index (χ1) is 15.9. The number of amides is 1. The Kier molecular flexibility index (Phi) is 7.72. The second-order valence-electron chi connectivity index (χ2n) is 9.50. The minimum Gasteiger partial charge on any atom is -0.396 e. The summed E-state index contributed by atoms with van der Waals surface area (Å²) in [7, 11) is 1.75. The van der Waals surface area contributed by atoms with Crippen molar-refractivity contribution in [3.05, 3.63) is 67.5 Å². The quantitative estimate of drug-likeness (QED) is 0.565. The highest BCUT2D eigenvalue weighted by atomic mass is 79.9. The zero-order valence-electron chi connectivity index (χ0n) is 19.5. The van der Waals surface area contributed by atoms with E-state index >= 15 is 0 Å². The SMILES string of the molecule is Cc1c(Br)cc(CN(C(=O)C2CNCC[C@@H]2c2ccn(C)c(=O)c2)C2CC2)cc1CCCO. The molecule has 1 aromatic carbocycles. The molecular formula is C26H34BrN3O3. The molecule has 0 spiro atoms. The average Bonchev–Trinajstić information content (AvgIpc) is 3.65. The number of rotatable bonds is 8. The number of benzene rings is 1. The van der Waals surface area contributed by atoms with Gasteiger partial charge in [-0.25, -0.2) is 0 Å². The Hall–Kier alpha value is -1.96. The van der Waals surface area contributed by atoms with E-state index in [1.54, 1.807) is 23.9 Å². The lowest BCUT2D eigenvalue weighted by Crippen LogP contribution is -2.47. The van der Waals surface area contributed by atoms with Gasteiger partial charge in [0.05, 0.1) is 5.92 Å². The lowest BCUT2D eigenvalue weighted by atomic mass is 9.80. The topological polar surface area (TPSA) is 74.6 Å². The van der Waals surface area contributed by atoms with Crippen molar-refractivity contribution in [2.24, 2.45) is 13.0 Å². The summed E-state index contributed by atoms with van der Waals surface area (Å²) in [5.74, 6) is 0.0666. The third kappa shape index (κ3) is 5.58. The summed E-state index contributed by atoms with van der Waals surface area (Å²) in [6.45, 7) is 4.35. The van der Waals surface area contributed by atoms with Gasteiger partial charge in [0.2, 0.25) is 5.91 Å². The predicted molar refractivity (Wildman–Crippen MR) is 133 cm³/mol. The van der Waals surface area contributed by atoms with Crippen LogP contribution in [0.1, 0.15) is 53.9 Å². The summed E-state index contributed by atoms with van der Waals surface area (Å²) >= 11 is 3.69. The van der Waals surface area contributed by atoms with Crippen molar-refractivity contribution in [2.45, 2.75) is 57.5 Å². The van der Waals surface area contributed by atoms with Gasteiger partial charge in [0, 0.05) is 49.5 Å². The third-order valence-corrected chi connectivity index (χ3v) is 7.92. The number of halogens is 1. The van der Waals surface area contributed by atoms with Gasteiger partial charge in [-0.2, -0.15) is 0 Å². The van der Waals surface area contributed by atoms with Crippen molar-refractivity contribution in [1.82, 2.24) is 14.8 Å². The second kappa shape index (κ2) is 10.5. The summed E-state index contributed by atoms with van der Waals surface area (Å²) in [6.07, 6.45) is 6.30. The minimum atomic E-state index is -0.172. The Morgan fingerprint density at radius 2 is 2.06 bits per heavy atom. The molecule has 2 heterocycles. The number of nitrogens with one attached hydrogen (secondary N) is 1. The third-order valence-electron chi connectivity index (χ3n) is 7.10. The average molecular weight is 516 g/mol. The van der Waals surface area contributed by atoms with Crippen molar-refractivity contribution >= 4 is 21.8 Å². The van der Waals surface area contributed by atoms with Gasteiger partial charge < -0.3 is 19.9 Å². The van der Waals surface area contributed by atoms with E-state index in [4.69, 9.17) is 0 Å². The molecule has 1 aliphatic heterocycles. The van der Waals surface area contributed by atoms with Gasteiger partial charge in [0.25, 0.3) is 5.56 Å². The molecule has 6 nitrogen and oxygen atoms in total. The van der Waals surface area contributed by atoms with Crippen LogP contribution in [0, 0.1) is 12.8 Å². The molecule has 1 aliphatic carbocycles. The standard InChI is InChI=1S/C26H34BrN3O3/c1-17-19(4-3-11-31)12-18(13-24(17)27)16-30(21-5-6-21)26(33)23-15-28-9-7-22(23)20-8-10-29(2)25(32)14-20/h8,10,12-14,21-23,28,31H,3-7,9,11,15-16H2,1-2H3/t22-,23?/m1/s1. The Labute approximate surface area is 204 Å². The number of carbonyl (C=O) groups excluding carboxylic acids is 1. The fraction of sp³-hybridized carbons (Fsp3) is 0.538. The molecule has 2 aromatic rings. The molecule has 1 saturated heterocycles. The van der Waals surface area contributed by atoms with E-state index in [0.29, 0.717) is 19.1 Å². The monoisotopic (exact) mass is 515 g/mol. The number of aliphatic hydroxyl groups is 1. The molecule has 2 N–H and O–H groups in total. The zero-order chi connectivity index (χ0) is 23.5. The molecule has 0 radical (unpaired) electrons. The molecule has 1 unspecified atom stereocenters. The number of aryl methyl sites for hydroxylation is 2. The molecular weight excluding hydrogens is 482 g/mol. The number of aromatic nitrogens is 1. The van der Waals surface area contributed by atoms with E-state index in [1.165, 1.54) is 11.1 Å². The van der Waals surface area contributed by atoms with Crippen LogP contribution in [0.2, 0.25) is 0 Å². The van der Waals surface area contributed by atoms with Gasteiger partial charge >= 0.3 is 0 Å². The van der Waals surface area contributed by atoms with Gasteiger partial charge in [-0.3, -0.25) is 9.59 Å². The normalized spacial score (nSPS) is 20.6. The lowest BCUT2D eigenvalue weighted by Gasteiger charge is -2.36. The molecule has 2 atom stereocenters. The highest BCUT2D eigenvalue weighted by molar-refractivity contribution is 9.10. The summed E-state index contributed by atoms with van der Waals surface area (Å²) < 4.78 is 2.62. The molecule has 1 aromatic heterocycles. The molecule has 2 aliphatic rings. The van der Waals surface area contributed by atoms with E-state index in [-0.39, 0.29) is 29.9 Å². The van der Waals surface area contributed by atoms with E-state index in [9.17, 15) is 14.7 Å². The maximum Gasteiger partial charge on any atom is 0.250 e. The maximum absolute atomic E-state index is 13.9. The second-order valence-corrected chi connectivity index (χ2v) is 10.4. The Balaban J connectivity index is 1.58. The van der Waals surface area contributed by atoms with Gasteiger partial charge in [0.1, 0.15) is 0 Å². The van der Waals surface area contributed by atoms with Crippen LogP contribution in [0.4, 0.5) is 0 Å². The van der Waals surface area contributed by atoms with E-state index in [1.807, 2.05) is 6.07 Å². The van der Waals surface area contributed by atoms with E-state index in [0.717, 1.165) is 54.2 Å². The van der Waals surface area contributed by atoms with Gasteiger partial charge in [-0.1, -0.05) is 22.0 Å². The first kappa shape index (κ1) is 24.2. The lowest BCUT2D eigenvalue weighted by molar-refractivity contribution is -0.138. The molecule has 0 bridgehead atoms. The van der Waals surface area contributed by atoms with Crippen LogP contribution >= 0.6 is 15.9 Å². The Bertz CT molecular complexity index is 1060. The number of hydrogen-bond donors (Lipinski definition) is 2. The van der Waals surface area contributed by atoms with Gasteiger partial charge in [-0.05, 0) is 85.9 Å². The highest BCUT2D eigenvalue weighted by Gasteiger charge is 2.40. The number of carbonyl (C=O) groups is 1. The summed E-state index contributed by atoms with van der Waals surface area (Å²) in [5.41, 5.74) is 4.47. The first-order valence-electron chi connectivity index (χ1n) is 12.0. The van der Waals surface area contributed by atoms with Crippen LogP contribution in [0.15, 0.2) is 39.7 Å². The van der Waals surface area contributed by atoms with Crippen LogP contribution in [-0.2, 0) is 24.8 Å². The Morgan fingerprint density at radius 3 is 2.76 bits per heavy atom. The molecule has 33 heavy (non-hydrogen) atoms. The molecule has 1 saturated carbocycles. The fourth-order valence-electron chi connectivity index (χ4n) is 4.91. The molecule has 178 valence electrons. The fourth-order valence-corrected chi connectivity index (χ4v) is 5.46. The van der Waals surface area contributed by atoms with Crippen molar-refractivity contribution < 1.29 is 9.90 Å². The summed E-state index contributed by atoms with van der Waals surface area (Å²) in [6, 6.07) is 8.30. The van der Waals surface area contributed by atoms with E-state index in [2.05, 4.69) is 45.2 Å². The number of pyridine rings is 1. The van der Waals surface area contributed by atoms with Crippen molar-refractivity contribution in [1.29, 1.82) is 0 Å². The first-order valence-corrected chi connectivity index (χ1v) is 12.7. The summed E-state index contributed by atoms with van der Waals surface area (Å²) in [4.78, 5) is 28.2. The largest absolute Gasteiger partial charge is 0.396 e. The van der Waals surface area contributed by atoms with Crippen LogP contribution in [0.25, 0.3) is 0 Å². The number of piperidine rings is 1. The maximum atomic E-state index is 13.9. The smallest absolute Gasteiger partial charge is 0.250 e.